The van der Waals surface area contributed by atoms with Gasteiger partial charge in [0.05, 0.1) is 5.56 Å². The molecule has 2 atom stereocenters. The molecule has 0 N–H and O–H groups in total. The number of hydrogen-bond acceptors (Lipinski definition) is 5. The topological polar surface area (TPSA) is 52.6 Å². The minimum Gasteiger partial charge on any atom is -0.448 e. The molecule has 0 bridgehead atoms. The highest BCUT2D eigenvalue weighted by Crippen LogP contribution is 2.40. The Hall–Kier alpha value is -2.01. The van der Waals surface area contributed by atoms with E-state index in [0.29, 0.717) is 17.2 Å². The van der Waals surface area contributed by atoms with Gasteiger partial charge in [0.25, 0.3) is 0 Å². The maximum atomic E-state index is 12.4. The van der Waals surface area contributed by atoms with E-state index in [4.69, 9.17) is 9.47 Å². The van der Waals surface area contributed by atoms with E-state index in [-0.39, 0.29) is 17.3 Å². The number of fused-ring (bicyclic) bond motifs is 1. The average Bonchev–Trinajstić information content (AvgIpc) is 2.88. The molecule has 0 aromatic heterocycles. The van der Waals surface area contributed by atoms with Crippen molar-refractivity contribution in [2.75, 3.05) is 0 Å². The van der Waals surface area contributed by atoms with Crippen molar-refractivity contribution in [1.29, 1.82) is 0 Å². The largest absolute Gasteiger partial charge is 0.448 e. The van der Waals surface area contributed by atoms with Crippen LogP contribution in [-0.4, -0.2) is 17.4 Å². The summed E-state index contributed by atoms with van der Waals surface area (Å²) in [7, 11) is 0. The number of ether oxygens (including phenoxy) is 2. The minimum atomic E-state index is -0.392. The zero-order valence-electron chi connectivity index (χ0n) is 13.2. The number of hydrogen-bond donors (Lipinski definition) is 0. The average molecular weight is 330 g/mol. The highest BCUT2D eigenvalue weighted by molar-refractivity contribution is 8.17. The summed E-state index contributed by atoms with van der Waals surface area (Å²) >= 11 is 1.05. The summed E-state index contributed by atoms with van der Waals surface area (Å²) in [5.41, 5.74) is 1.62. The van der Waals surface area contributed by atoms with Crippen LogP contribution in [0, 0.1) is 5.92 Å². The van der Waals surface area contributed by atoms with Crippen LogP contribution in [0.5, 0.6) is 0 Å². The number of carbonyl (C=O) groups excluding carboxylic acids is 2. The highest BCUT2D eigenvalue weighted by atomic mass is 32.2. The molecule has 1 aliphatic heterocycles. The smallest absolute Gasteiger partial charge is 0.372 e. The normalized spacial score (nSPS) is 23.0. The third-order valence-corrected chi connectivity index (χ3v) is 4.74. The Labute approximate surface area is 139 Å². The quantitative estimate of drug-likeness (QED) is 0.756. The molecule has 2 aliphatic rings. The fourth-order valence-electron chi connectivity index (χ4n) is 2.61. The molecule has 0 saturated carbocycles. The molecule has 0 spiro atoms. The molecule has 2 unspecified atom stereocenters. The van der Waals surface area contributed by atoms with Gasteiger partial charge in [0.1, 0.15) is 11.9 Å². The first-order chi connectivity index (χ1) is 10.9. The monoisotopic (exact) mass is 330 g/mol. The summed E-state index contributed by atoms with van der Waals surface area (Å²) in [6, 6.07) is 7.45. The van der Waals surface area contributed by atoms with Gasteiger partial charge >= 0.3 is 11.3 Å². The molecular weight excluding hydrogens is 312 g/mol. The van der Waals surface area contributed by atoms with E-state index in [1.807, 2.05) is 31.2 Å². The summed E-state index contributed by atoms with van der Waals surface area (Å²) in [5, 5.41) is -0.307. The van der Waals surface area contributed by atoms with Crippen molar-refractivity contribution in [1.82, 2.24) is 0 Å². The van der Waals surface area contributed by atoms with Crippen molar-refractivity contribution < 1.29 is 19.1 Å². The zero-order valence-corrected chi connectivity index (χ0v) is 14.1. The SMILES string of the molecule is CC(C)c1cccc(C(=O)OC2=CC(C)C3OC(=O)SC3=C2)c1. The second-order valence-corrected chi connectivity index (χ2v) is 7.04. The van der Waals surface area contributed by atoms with Crippen molar-refractivity contribution in [3.8, 4) is 0 Å². The summed E-state index contributed by atoms with van der Waals surface area (Å²) in [6.45, 7) is 6.09. The van der Waals surface area contributed by atoms with E-state index in [1.165, 1.54) is 0 Å². The molecule has 1 heterocycles. The summed E-state index contributed by atoms with van der Waals surface area (Å²) < 4.78 is 10.7. The van der Waals surface area contributed by atoms with Gasteiger partial charge in [-0.2, -0.15) is 0 Å². The Morgan fingerprint density at radius 2 is 2.13 bits per heavy atom. The third-order valence-electron chi connectivity index (χ3n) is 3.89. The Morgan fingerprint density at radius 3 is 2.87 bits per heavy atom. The summed E-state index contributed by atoms with van der Waals surface area (Å²) in [4.78, 5) is 24.5. The van der Waals surface area contributed by atoms with Crippen LogP contribution < -0.4 is 0 Å². The van der Waals surface area contributed by atoms with E-state index in [1.54, 1.807) is 12.1 Å². The van der Waals surface area contributed by atoms with Crippen molar-refractivity contribution in [3.05, 3.63) is 58.2 Å². The Morgan fingerprint density at radius 1 is 1.35 bits per heavy atom. The van der Waals surface area contributed by atoms with Crippen LogP contribution in [0.15, 0.2) is 47.1 Å². The lowest BCUT2D eigenvalue weighted by molar-refractivity contribution is 0.0625. The number of esters is 1. The van der Waals surface area contributed by atoms with Gasteiger partial charge in [-0.15, -0.1) is 0 Å². The number of rotatable bonds is 3. The number of benzene rings is 1. The van der Waals surface area contributed by atoms with Gasteiger partial charge < -0.3 is 9.47 Å². The van der Waals surface area contributed by atoms with Gasteiger partial charge in [-0.25, -0.2) is 9.59 Å². The molecule has 0 radical (unpaired) electrons. The molecule has 1 fully saturated rings. The third kappa shape index (κ3) is 3.34. The van der Waals surface area contributed by atoms with Crippen molar-refractivity contribution in [2.24, 2.45) is 5.92 Å². The van der Waals surface area contributed by atoms with Crippen LogP contribution in [0.4, 0.5) is 4.79 Å². The molecule has 1 aromatic rings. The van der Waals surface area contributed by atoms with Crippen molar-refractivity contribution in [3.63, 3.8) is 0 Å². The molecule has 0 amide bonds. The Kier molecular flexibility index (Phi) is 4.31. The van der Waals surface area contributed by atoms with Gasteiger partial charge in [-0.1, -0.05) is 32.9 Å². The molecule has 120 valence electrons. The van der Waals surface area contributed by atoms with E-state index in [2.05, 4.69) is 13.8 Å². The first-order valence-corrected chi connectivity index (χ1v) is 8.39. The molecule has 1 aliphatic carbocycles. The van der Waals surface area contributed by atoms with Gasteiger partial charge in [0.2, 0.25) is 0 Å². The van der Waals surface area contributed by atoms with E-state index in [0.717, 1.165) is 22.2 Å². The standard InChI is InChI=1S/C18H18O4S/c1-10(2)12-5-4-6-13(8-12)17(19)21-14-7-11(3)16-15(9-14)23-18(20)22-16/h4-11,16H,1-3H3. The lowest BCUT2D eigenvalue weighted by Gasteiger charge is -2.20. The number of carbonyl (C=O) groups is 2. The predicted octanol–water partition coefficient (Wildman–Crippen LogP) is 4.64. The first kappa shape index (κ1) is 15.9. The van der Waals surface area contributed by atoms with Crippen molar-refractivity contribution >= 4 is 23.0 Å². The van der Waals surface area contributed by atoms with Crippen LogP contribution in [0.2, 0.25) is 0 Å². The Balaban J connectivity index is 1.77. The number of thioether (sulfide) groups is 1. The molecule has 4 nitrogen and oxygen atoms in total. The van der Waals surface area contributed by atoms with E-state index in [9.17, 15) is 9.59 Å². The molecular formula is C18H18O4S. The first-order valence-electron chi connectivity index (χ1n) is 7.58. The molecule has 23 heavy (non-hydrogen) atoms. The maximum Gasteiger partial charge on any atom is 0.372 e. The molecule has 5 heteroatoms. The second kappa shape index (κ2) is 6.24. The zero-order chi connectivity index (χ0) is 16.6. The van der Waals surface area contributed by atoms with Gasteiger partial charge in [-0.05, 0) is 47.5 Å². The van der Waals surface area contributed by atoms with E-state index >= 15 is 0 Å². The van der Waals surface area contributed by atoms with Gasteiger partial charge in [0.15, 0.2) is 0 Å². The maximum absolute atomic E-state index is 12.4. The lowest BCUT2D eigenvalue weighted by atomic mass is 9.98. The fourth-order valence-corrected chi connectivity index (χ4v) is 3.51. The molecule has 1 saturated heterocycles. The second-order valence-electron chi connectivity index (χ2n) is 6.04. The minimum absolute atomic E-state index is 0.0150. The fraction of sp³-hybridized carbons (Fsp3) is 0.333. The van der Waals surface area contributed by atoms with Crippen LogP contribution in [-0.2, 0) is 9.47 Å². The summed E-state index contributed by atoms with van der Waals surface area (Å²) in [5.74, 6) is 0.405. The van der Waals surface area contributed by atoms with Crippen LogP contribution in [0.25, 0.3) is 0 Å². The lowest BCUT2D eigenvalue weighted by Crippen LogP contribution is -2.21. The van der Waals surface area contributed by atoms with Crippen LogP contribution >= 0.6 is 11.8 Å². The number of allylic oxidation sites excluding steroid dienone is 1. The van der Waals surface area contributed by atoms with Crippen LogP contribution in [0.3, 0.4) is 0 Å². The Bertz CT molecular complexity index is 717. The van der Waals surface area contributed by atoms with Crippen molar-refractivity contribution in [2.45, 2.75) is 32.8 Å². The van der Waals surface area contributed by atoms with Crippen LogP contribution in [0.1, 0.15) is 42.6 Å². The molecule has 3 rings (SSSR count). The predicted molar refractivity (Wildman–Crippen MR) is 89.1 cm³/mol. The highest BCUT2D eigenvalue weighted by Gasteiger charge is 2.36. The van der Waals surface area contributed by atoms with Gasteiger partial charge in [0, 0.05) is 10.8 Å². The summed E-state index contributed by atoms with van der Waals surface area (Å²) in [6.07, 6.45) is 3.28. The van der Waals surface area contributed by atoms with E-state index < -0.39 is 5.97 Å². The van der Waals surface area contributed by atoms with Gasteiger partial charge in [-0.3, -0.25) is 0 Å². The molecule has 1 aromatic carbocycles.